The molecule has 0 aliphatic heterocycles. The molecule has 21 heavy (non-hydrogen) atoms. The fourth-order valence-electron chi connectivity index (χ4n) is 0.938. The van der Waals surface area contributed by atoms with Crippen molar-refractivity contribution in [1.29, 1.82) is 0 Å². The number of aromatic nitrogens is 2. The Balaban J connectivity index is 3.22. The lowest BCUT2D eigenvalue weighted by Crippen LogP contribution is -2.13. The van der Waals surface area contributed by atoms with Crippen LogP contribution in [0.1, 0.15) is 0 Å². The van der Waals surface area contributed by atoms with Gasteiger partial charge in [-0.15, -0.1) is 0 Å². The summed E-state index contributed by atoms with van der Waals surface area (Å²) in [6.45, 7) is -3.61. The molecule has 0 radical (unpaired) electrons. The highest BCUT2D eigenvalue weighted by Gasteiger charge is 2.21. The molecule has 1 aromatic heterocycles. The van der Waals surface area contributed by atoms with Crippen LogP contribution in [0.4, 0.5) is 0 Å². The van der Waals surface area contributed by atoms with E-state index in [0.29, 0.717) is 11.4 Å². The minimum Gasteiger partial charge on any atom is -0.404 e. The second-order valence-corrected chi connectivity index (χ2v) is 10.6. The highest BCUT2D eigenvalue weighted by atomic mass is 32.7. The molecular formula is C4H13N8O5P3S. The molecule has 13 nitrogen and oxygen atoms in total. The number of hydrogen-bond donors (Lipinski definition) is 6. The molecule has 1 rings (SSSR count). The molecule has 0 atom stereocenters. The minimum atomic E-state index is -3.95. The van der Waals surface area contributed by atoms with Crippen LogP contribution in [0, 0.1) is 0 Å². The summed E-state index contributed by atoms with van der Waals surface area (Å²) in [4.78, 5) is 7.30. The van der Waals surface area contributed by atoms with E-state index in [-0.39, 0.29) is 5.16 Å². The van der Waals surface area contributed by atoms with Gasteiger partial charge >= 0.3 is 15.3 Å². The molecule has 0 aliphatic rings. The molecule has 0 bridgehead atoms. The van der Waals surface area contributed by atoms with Crippen LogP contribution in [0.3, 0.4) is 0 Å². The van der Waals surface area contributed by atoms with Crippen molar-refractivity contribution < 1.29 is 22.7 Å². The smallest absolute Gasteiger partial charge is 0.386 e. The Kier molecular flexibility index (Phi) is 5.56. The Hall–Kier alpha value is -0.520. The Labute approximate surface area is 122 Å². The Morgan fingerprint density at radius 3 is 1.52 bits per heavy atom. The van der Waals surface area contributed by atoms with Gasteiger partial charge in [-0.2, -0.15) is 9.97 Å². The third-order valence-corrected chi connectivity index (χ3v) is 4.28. The van der Waals surface area contributed by atoms with E-state index in [1.54, 1.807) is 0 Å². The maximum atomic E-state index is 11.3. The summed E-state index contributed by atoms with van der Waals surface area (Å²) in [5.41, 5.74) is 30.4. The lowest BCUT2D eigenvalue weighted by atomic mass is 10.6. The van der Waals surface area contributed by atoms with Gasteiger partial charge in [-0.25, -0.2) is 31.1 Å². The van der Waals surface area contributed by atoms with Gasteiger partial charge in [-0.1, -0.05) is 0 Å². The second-order valence-electron chi connectivity index (χ2n) is 3.54. The van der Waals surface area contributed by atoms with E-state index in [0.717, 1.165) is 6.07 Å². The van der Waals surface area contributed by atoms with E-state index in [1.165, 1.54) is 0 Å². The molecule has 0 saturated carbocycles. The molecule has 120 valence electrons. The average molecular weight is 378 g/mol. The van der Waals surface area contributed by atoms with Crippen LogP contribution in [-0.2, 0) is 13.7 Å². The molecule has 12 N–H and O–H groups in total. The molecule has 0 saturated heterocycles. The number of rotatable bonds is 6. The van der Waals surface area contributed by atoms with Crippen LogP contribution in [-0.4, -0.2) is 9.97 Å². The van der Waals surface area contributed by atoms with Crippen LogP contribution in [0.5, 0.6) is 11.8 Å². The van der Waals surface area contributed by atoms with Crippen LogP contribution in [0.15, 0.2) is 11.2 Å². The minimum absolute atomic E-state index is 0.308. The summed E-state index contributed by atoms with van der Waals surface area (Å²) in [5, 5.41) is -0.308. The van der Waals surface area contributed by atoms with Gasteiger partial charge in [0.2, 0.25) is 16.9 Å². The molecule has 0 fully saturated rings. The van der Waals surface area contributed by atoms with Crippen molar-refractivity contribution in [3.63, 3.8) is 0 Å². The monoisotopic (exact) mass is 378 g/mol. The topological polar surface area (TPSA) is 252 Å². The summed E-state index contributed by atoms with van der Waals surface area (Å²) < 4.78 is 43.0. The van der Waals surface area contributed by atoms with E-state index in [9.17, 15) is 13.7 Å². The first-order valence-electron chi connectivity index (χ1n) is 4.73. The van der Waals surface area contributed by atoms with Crippen LogP contribution in [0.25, 0.3) is 0 Å². The second kappa shape index (κ2) is 6.31. The van der Waals surface area contributed by atoms with E-state index in [2.05, 4.69) is 19.0 Å². The highest BCUT2D eigenvalue weighted by molar-refractivity contribution is 8.56. The SMILES string of the molecule is NP(N)(=O)Oc1cc(OP(N)(N)=O)nc(SP(N)(N)=O)n1. The first-order chi connectivity index (χ1) is 9.23. The van der Waals surface area contributed by atoms with E-state index in [1.807, 2.05) is 0 Å². The largest absolute Gasteiger partial charge is 0.404 e. The predicted molar refractivity (Wildman–Crippen MR) is 77.1 cm³/mol. The van der Waals surface area contributed by atoms with Crippen molar-refractivity contribution in [2.75, 3.05) is 0 Å². The fraction of sp³-hybridized carbons (Fsp3) is 0. The molecule has 1 aromatic rings. The van der Waals surface area contributed by atoms with Gasteiger partial charge in [0, 0.05) is 11.4 Å². The fourth-order valence-corrected chi connectivity index (χ4v) is 3.24. The average Bonchev–Trinajstić information content (AvgIpc) is 2.06. The molecule has 0 amide bonds. The third kappa shape index (κ3) is 8.49. The maximum absolute atomic E-state index is 11.3. The lowest BCUT2D eigenvalue weighted by molar-refractivity contribution is 0.452. The summed E-state index contributed by atoms with van der Waals surface area (Å²) >= 11 is 0.367. The van der Waals surface area contributed by atoms with Crippen molar-refractivity contribution in [3.05, 3.63) is 6.07 Å². The van der Waals surface area contributed by atoms with E-state index >= 15 is 0 Å². The molecule has 0 aromatic carbocycles. The molecule has 0 spiro atoms. The number of hydrogen-bond acceptors (Lipinski definition) is 8. The summed E-state index contributed by atoms with van der Waals surface area (Å²) in [6, 6.07) is 0.917. The molecule has 17 heteroatoms. The summed E-state index contributed by atoms with van der Waals surface area (Å²) in [7, 11) is -7.90. The molecule has 0 aliphatic carbocycles. The maximum Gasteiger partial charge on any atom is 0.386 e. The van der Waals surface area contributed by atoms with Gasteiger partial charge in [-0.3, -0.25) is 15.6 Å². The van der Waals surface area contributed by atoms with Crippen LogP contribution in [0.2, 0.25) is 0 Å². The first-order valence-corrected chi connectivity index (χ1v) is 11.5. The quantitative estimate of drug-likeness (QED) is 0.267. The molecule has 1 heterocycles. The zero-order valence-corrected chi connectivity index (χ0v) is 13.7. The summed E-state index contributed by atoms with van der Waals surface area (Å²) in [6.07, 6.45) is 0. The Morgan fingerprint density at radius 2 is 1.24 bits per heavy atom. The van der Waals surface area contributed by atoms with Gasteiger partial charge < -0.3 is 9.05 Å². The van der Waals surface area contributed by atoms with Crippen molar-refractivity contribution in [1.82, 2.24) is 9.97 Å². The standard InChI is InChI=1S/C4H13N8O5P3S/c5-18(6,13)16-2-1-3(17-19(7,8)14)12-4(11-2)21-20(9,10)15/h1H,(H4,5,6,13)(H4,7,8,14)(H4,9,10,15). The van der Waals surface area contributed by atoms with Gasteiger partial charge in [0.25, 0.3) is 6.65 Å². The molecule has 0 unspecified atom stereocenters. The Morgan fingerprint density at radius 1 is 0.857 bits per heavy atom. The highest BCUT2D eigenvalue weighted by Crippen LogP contribution is 2.48. The Bertz CT molecular complexity index is 563. The van der Waals surface area contributed by atoms with Crippen LogP contribution >= 0.6 is 33.4 Å². The predicted octanol–water partition coefficient (Wildman–Crippen LogP) is -0.597. The number of nitrogens with two attached hydrogens (primary N) is 6. The van der Waals surface area contributed by atoms with Crippen LogP contribution < -0.4 is 42.1 Å². The summed E-state index contributed by atoms with van der Waals surface area (Å²) in [5.74, 6) is -0.865. The van der Waals surface area contributed by atoms with Gasteiger partial charge in [0.05, 0.1) is 6.07 Å². The van der Waals surface area contributed by atoms with Crippen molar-refractivity contribution in [3.8, 4) is 11.8 Å². The first kappa shape index (κ1) is 18.5. The molecular weight excluding hydrogens is 365 g/mol. The zero-order valence-electron chi connectivity index (χ0n) is 10.2. The van der Waals surface area contributed by atoms with Crippen molar-refractivity contribution in [2.24, 2.45) is 33.0 Å². The van der Waals surface area contributed by atoms with E-state index in [4.69, 9.17) is 33.0 Å². The zero-order chi connectivity index (χ0) is 16.5. The van der Waals surface area contributed by atoms with E-state index < -0.39 is 33.7 Å². The van der Waals surface area contributed by atoms with Gasteiger partial charge in [-0.05, 0) is 0 Å². The van der Waals surface area contributed by atoms with Crippen molar-refractivity contribution >= 4 is 33.4 Å². The third-order valence-electron chi connectivity index (χ3n) is 1.36. The lowest BCUT2D eigenvalue weighted by Gasteiger charge is -2.13. The normalized spacial score (nSPS) is 13.0. The van der Waals surface area contributed by atoms with Gasteiger partial charge in [0.1, 0.15) is 0 Å². The van der Waals surface area contributed by atoms with Crippen molar-refractivity contribution in [2.45, 2.75) is 5.16 Å². The number of nitrogens with zero attached hydrogens (tertiary/aromatic N) is 2. The van der Waals surface area contributed by atoms with Gasteiger partial charge in [0.15, 0.2) is 0 Å².